The zero-order valence-corrected chi connectivity index (χ0v) is 7.77. The Labute approximate surface area is 81.0 Å². The number of likely N-dealkylation sites (N-methyl/N-ethyl adjacent to an activating group) is 1. The van der Waals surface area contributed by atoms with Crippen molar-refractivity contribution in [3.05, 3.63) is 28.3 Å². The van der Waals surface area contributed by atoms with E-state index in [9.17, 15) is 10.1 Å². The van der Waals surface area contributed by atoms with Gasteiger partial charge in [-0.3, -0.25) is 10.1 Å². The lowest BCUT2D eigenvalue weighted by molar-refractivity contribution is -0.384. The molecule has 1 aromatic carbocycles. The Morgan fingerprint density at radius 3 is 3.07 bits per heavy atom. The minimum Gasteiger partial charge on any atom is -0.489 e. The number of benzene rings is 1. The normalized spacial score (nSPS) is 14.5. The van der Waals surface area contributed by atoms with E-state index in [0.717, 1.165) is 0 Å². The third-order valence-electron chi connectivity index (χ3n) is 2.24. The molecule has 0 spiro atoms. The van der Waals surface area contributed by atoms with Gasteiger partial charge in [-0.15, -0.1) is 0 Å². The minimum absolute atomic E-state index is 0.102. The van der Waals surface area contributed by atoms with Gasteiger partial charge in [0.2, 0.25) is 0 Å². The average molecular weight is 194 g/mol. The van der Waals surface area contributed by atoms with E-state index in [4.69, 9.17) is 4.74 Å². The molecule has 0 aliphatic carbocycles. The second-order valence-electron chi connectivity index (χ2n) is 3.15. The molecule has 0 unspecified atom stereocenters. The Morgan fingerprint density at radius 2 is 2.36 bits per heavy atom. The highest BCUT2D eigenvalue weighted by molar-refractivity contribution is 5.72. The second kappa shape index (κ2) is 3.17. The van der Waals surface area contributed by atoms with E-state index in [0.29, 0.717) is 24.6 Å². The molecule has 5 nitrogen and oxygen atoms in total. The maximum atomic E-state index is 10.7. The molecule has 0 N–H and O–H groups in total. The fourth-order valence-electron chi connectivity index (χ4n) is 1.56. The summed E-state index contributed by atoms with van der Waals surface area (Å²) in [6, 6.07) is 4.87. The van der Waals surface area contributed by atoms with Crippen LogP contribution in [0.5, 0.6) is 5.75 Å². The number of para-hydroxylation sites is 1. The second-order valence-corrected chi connectivity index (χ2v) is 3.15. The number of rotatable bonds is 1. The summed E-state index contributed by atoms with van der Waals surface area (Å²) in [7, 11) is 1.83. The van der Waals surface area contributed by atoms with Gasteiger partial charge in [0, 0.05) is 13.1 Å². The number of nitro groups is 1. The predicted molar refractivity (Wildman–Crippen MR) is 51.9 cm³/mol. The first-order valence-corrected chi connectivity index (χ1v) is 4.31. The maximum Gasteiger partial charge on any atom is 0.296 e. The highest BCUT2D eigenvalue weighted by Gasteiger charge is 2.24. The summed E-state index contributed by atoms with van der Waals surface area (Å²) in [5.41, 5.74) is 0.674. The molecule has 1 aliphatic rings. The van der Waals surface area contributed by atoms with E-state index < -0.39 is 0 Å². The summed E-state index contributed by atoms with van der Waals surface area (Å²) in [4.78, 5) is 12.2. The van der Waals surface area contributed by atoms with Crippen molar-refractivity contribution >= 4 is 11.4 Å². The van der Waals surface area contributed by atoms with Gasteiger partial charge in [-0.1, -0.05) is 6.07 Å². The van der Waals surface area contributed by atoms with Crippen LogP contribution in [0.15, 0.2) is 18.2 Å². The maximum absolute atomic E-state index is 10.7. The summed E-state index contributed by atoms with van der Waals surface area (Å²) in [5, 5.41) is 10.7. The molecule has 0 bridgehead atoms. The molecule has 14 heavy (non-hydrogen) atoms. The topological polar surface area (TPSA) is 55.6 Å². The van der Waals surface area contributed by atoms with Gasteiger partial charge in [0.1, 0.15) is 12.4 Å². The number of nitrogens with zero attached hydrogens (tertiary/aromatic N) is 2. The Balaban J connectivity index is 2.57. The SMILES string of the molecule is CN1CCOc2cccc([N+](=O)[O-])c21. The third-order valence-corrected chi connectivity index (χ3v) is 2.24. The monoisotopic (exact) mass is 194 g/mol. The van der Waals surface area contributed by atoms with Crippen molar-refractivity contribution in [3.8, 4) is 5.75 Å². The molecule has 0 fully saturated rings. The van der Waals surface area contributed by atoms with Crippen LogP contribution < -0.4 is 9.64 Å². The molecule has 0 saturated heterocycles. The van der Waals surface area contributed by atoms with Gasteiger partial charge in [-0.2, -0.15) is 0 Å². The molecule has 74 valence electrons. The molecule has 5 heteroatoms. The van der Waals surface area contributed by atoms with Crippen molar-refractivity contribution in [2.45, 2.75) is 0 Å². The van der Waals surface area contributed by atoms with E-state index >= 15 is 0 Å². The zero-order valence-electron chi connectivity index (χ0n) is 7.77. The summed E-state index contributed by atoms with van der Waals surface area (Å²) in [6.07, 6.45) is 0. The molecule has 1 aliphatic heterocycles. The molecule has 0 amide bonds. The fraction of sp³-hybridized carbons (Fsp3) is 0.333. The summed E-state index contributed by atoms with van der Waals surface area (Å²) < 4.78 is 5.34. The summed E-state index contributed by atoms with van der Waals surface area (Å²) in [5.74, 6) is 0.591. The van der Waals surface area contributed by atoms with Crippen molar-refractivity contribution in [2.24, 2.45) is 0 Å². The van der Waals surface area contributed by atoms with Gasteiger partial charge in [0.15, 0.2) is 5.69 Å². The van der Waals surface area contributed by atoms with Crippen LogP contribution >= 0.6 is 0 Å². The largest absolute Gasteiger partial charge is 0.489 e. The number of nitro benzene ring substituents is 1. The fourth-order valence-corrected chi connectivity index (χ4v) is 1.56. The number of hydrogen-bond acceptors (Lipinski definition) is 4. The van der Waals surface area contributed by atoms with Gasteiger partial charge < -0.3 is 9.64 Å². The van der Waals surface area contributed by atoms with Crippen LogP contribution in [0.1, 0.15) is 0 Å². The van der Waals surface area contributed by atoms with Crippen molar-refractivity contribution < 1.29 is 9.66 Å². The molecule has 0 saturated carbocycles. The number of ether oxygens (including phenoxy) is 1. The van der Waals surface area contributed by atoms with Crippen LogP contribution in [0.4, 0.5) is 11.4 Å². The van der Waals surface area contributed by atoms with Crippen molar-refractivity contribution in [1.82, 2.24) is 0 Å². The first-order valence-electron chi connectivity index (χ1n) is 4.31. The highest BCUT2D eigenvalue weighted by Crippen LogP contribution is 2.38. The van der Waals surface area contributed by atoms with E-state index in [-0.39, 0.29) is 10.6 Å². The van der Waals surface area contributed by atoms with E-state index in [2.05, 4.69) is 0 Å². The lowest BCUT2D eigenvalue weighted by atomic mass is 10.2. The zero-order chi connectivity index (χ0) is 10.1. The Morgan fingerprint density at radius 1 is 1.57 bits per heavy atom. The molecular formula is C9H10N2O3. The average Bonchev–Trinajstić information content (AvgIpc) is 2.17. The van der Waals surface area contributed by atoms with Gasteiger partial charge in [-0.25, -0.2) is 0 Å². The predicted octanol–water partition coefficient (Wildman–Crippen LogP) is 1.42. The van der Waals surface area contributed by atoms with Crippen molar-refractivity contribution in [3.63, 3.8) is 0 Å². The Kier molecular flexibility index (Phi) is 1.99. The minimum atomic E-state index is -0.385. The number of fused-ring (bicyclic) bond motifs is 1. The van der Waals surface area contributed by atoms with Crippen LogP contribution in [0.25, 0.3) is 0 Å². The number of anilines is 1. The van der Waals surface area contributed by atoms with E-state index in [1.165, 1.54) is 6.07 Å². The molecule has 0 radical (unpaired) electrons. The molecule has 0 aromatic heterocycles. The van der Waals surface area contributed by atoms with Crippen molar-refractivity contribution in [2.75, 3.05) is 25.1 Å². The third kappa shape index (κ3) is 1.26. The first kappa shape index (κ1) is 8.80. The van der Waals surface area contributed by atoms with Crippen molar-refractivity contribution in [1.29, 1.82) is 0 Å². The van der Waals surface area contributed by atoms with Crippen LogP contribution in [0.2, 0.25) is 0 Å². The number of hydrogen-bond donors (Lipinski definition) is 0. The Bertz CT molecular complexity index is 378. The van der Waals surface area contributed by atoms with Gasteiger partial charge >= 0.3 is 0 Å². The standard InChI is InChI=1S/C9H10N2O3/c1-10-5-6-14-8-4-2-3-7(9(8)10)11(12)13/h2-4H,5-6H2,1H3. The first-order chi connectivity index (χ1) is 6.70. The molecule has 0 atom stereocenters. The van der Waals surface area contributed by atoms with E-state index in [1.807, 2.05) is 11.9 Å². The summed E-state index contributed by atoms with van der Waals surface area (Å²) >= 11 is 0. The lowest BCUT2D eigenvalue weighted by Gasteiger charge is -2.26. The lowest BCUT2D eigenvalue weighted by Crippen LogP contribution is -2.29. The van der Waals surface area contributed by atoms with Crippen LogP contribution in [0, 0.1) is 10.1 Å². The van der Waals surface area contributed by atoms with Crippen LogP contribution in [0.3, 0.4) is 0 Å². The van der Waals surface area contributed by atoms with Gasteiger partial charge in [0.25, 0.3) is 5.69 Å². The Hall–Kier alpha value is -1.78. The van der Waals surface area contributed by atoms with Crippen LogP contribution in [-0.4, -0.2) is 25.1 Å². The molecule has 1 heterocycles. The van der Waals surface area contributed by atoms with Gasteiger partial charge in [-0.05, 0) is 6.07 Å². The quantitative estimate of drug-likeness (QED) is 0.501. The summed E-state index contributed by atoms with van der Waals surface area (Å²) in [6.45, 7) is 1.25. The van der Waals surface area contributed by atoms with E-state index in [1.54, 1.807) is 12.1 Å². The molecule has 2 rings (SSSR count). The molecule has 1 aromatic rings. The van der Waals surface area contributed by atoms with Gasteiger partial charge in [0.05, 0.1) is 11.5 Å². The highest BCUT2D eigenvalue weighted by atomic mass is 16.6. The molecular weight excluding hydrogens is 184 g/mol. The van der Waals surface area contributed by atoms with Crippen LogP contribution in [-0.2, 0) is 0 Å². The smallest absolute Gasteiger partial charge is 0.296 e.